The van der Waals surface area contributed by atoms with Gasteiger partial charge in [-0.05, 0) is 44.5 Å². The predicted octanol–water partition coefficient (Wildman–Crippen LogP) is 0.950. The fraction of sp³-hybridized carbons (Fsp3) is 0.909. The second kappa shape index (κ2) is 5.21. The maximum atomic E-state index is 12.1. The molecule has 2 atom stereocenters. The van der Waals surface area contributed by atoms with E-state index in [0.717, 1.165) is 26.1 Å². The third-order valence-electron chi connectivity index (χ3n) is 3.30. The molecule has 2 fully saturated rings. The van der Waals surface area contributed by atoms with E-state index in [0.29, 0.717) is 11.8 Å². The molecule has 2 aliphatic heterocycles. The van der Waals surface area contributed by atoms with E-state index >= 15 is 0 Å². The predicted molar refractivity (Wildman–Crippen MR) is 64.1 cm³/mol. The first kappa shape index (κ1) is 11.3. The summed E-state index contributed by atoms with van der Waals surface area (Å²) >= 11 is 1.85. The van der Waals surface area contributed by atoms with E-state index in [1.54, 1.807) is 0 Å². The van der Waals surface area contributed by atoms with Crippen LogP contribution in [0, 0.1) is 5.92 Å². The average Bonchev–Trinajstić information content (AvgIpc) is 2.87. The van der Waals surface area contributed by atoms with Crippen LogP contribution >= 0.6 is 11.8 Å². The highest BCUT2D eigenvalue weighted by Crippen LogP contribution is 2.29. The average molecular weight is 228 g/mol. The molecule has 0 aromatic rings. The van der Waals surface area contributed by atoms with E-state index < -0.39 is 0 Å². The Morgan fingerprint density at radius 1 is 1.53 bits per heavy atom. The highest BCUT2D eigenvalue weighted by Gasteiger charge is 2.32. The van der Waals surface area contributed by atoms with Gasteiger partial charge in [0.25, 0.3) is 0 Å². The van der Waals surface area contributed by atoms with Crippen molar-refractivity contribution in [3.05, 3.63) is 0 Å². The SMILES string of the molecule is CNCC1CCN(C(=O)C2CCCS2)C1. The molecular formula is C11H20N2OS. The van der Waals surface area contributed by atoms with Crippen molar-refractivity contribution in [2.45, 2.75) is 24.5 Å². The summed E-state index contributed by atoms with van der Waals surface area (Å²) in [7, 11) is 1.98. The van der Waals surface area contributed by atoms with Gasteiger partial charge >= 0.3 is 0 Å². The van der Waals surface area contributed by atoms with Crippen molar-refractivity contribution in [1.29, 1.82) is 0 Å². The quantitative estimate of drug-likeness (QED) is 0.780. The minimum Gasteiger partial charge on any atom is -0.341 e. The van der Waals surface area contributed by atoms with E-state index in [2.05, 4.69) is 10.2 Å². The van der Waals surface area contributed by atoms with E-state index in [1.807, 2.05) is 18.8 Å². The number of likely N-dealkylation sites (tertiary alicyclic amines) is 1. The number of thioether (sulfide) groups is 1. The van der Waals surface area contributed by atoms with Gasteiger partial charge in [0.1, 0.15) is 0 Å². The van der Waals surface area contributed by atoms with Crippen LogP contribution in [0.15, 0.2) is 0 Å². The molecule has 86 valence electrons. The molecule has 2 aliphatic rings. The van der Waals surface area contributed by atoms with Crippen molar-refractivity contribution in [3.63, 3.8) is 0 Å². The van der Waals surface area contributed by atoms with Crippen LogP contribution in [-0.2, 0) is 4.79 Å². The van der Waals surface area contributed by atoms with Gasteiger partial charge in [-0.2, -0.15) is 0 Å². The lowest BCUT2D eigenvalue weighted by Crippen LogP contribution is -2.35. The number of hydrogen-bond donors (Lipinski definition) is 1. The first-order chi connectivity index (χ1) is 7.31. The lowest BCUT2D eigenvalue weighted by atomic mass is 10.1. The first-order valence-electron chi connectivity index (χ1n) is 5.86. The molecule has 2 saturated heterocycles. The van der Waals surface area contributed by atoms with Crippen LogP contribution in [0.1, 0.15) is 19.3 Å². The van der Waals surface area contributed by atoms with Crippen molar-refractivity contribution in [1.82, 2.24) is 10.2 Å². The molecule has 1 N–H and O–H groups in total. The van der Waals surface area contributed by atoms with E-state index in [1.165, 1.54) is 18.6 Å². The monoisotopic (exact) mass is 228 g/mol. The van der Waals surface area contributed by atoms with Gasteiger partial charge in [-0.15, -0.1) is 11.8 Å². The number of rotatable bonds is 3. The fourth-order valence-electron chi connectivity index (χ4n) is 2.46. The summed E-state index contributed by atoms with van der Waals surface area (Å²) < 4.78 is 0. The van der Waals surface area contributed by atoms with Gasteiger partial charge in [0.05, 0.1) is 5.25 Å². The van der Waals surface area contributed by atoms with Crippen LogP contribution < -0.4 is 5.32 Å². The summed E-state index contributed by atoms with van der Waals surface area (Å²) in [6, 6.07) is 0. The van der Waals surface area contributed by atoms with Gasteiger partial charge < -0.3 is 10.2 Å². The highest BCUT2D eigenvalue weighted by atomic mass is 32.2. The number of carbonyl (C=O) groups excluding carboxylic acids is 1. The molecule has 0 aromatic carbocycles. The first-order valence-corrected chi connectivity index (χ1v) is 6.91. The van der Waals surface area contributed by atoms with E-state index in [-0.39, 0.29) is 5.25 Å². The zero-order valence-electron chi connectivity index (χ0n) is 9.37. The van der Waals surface area contributed by atoms with Crippen LogP contribution in [0.4, 0.5) is 0 Å². The minimum absolute atomic E-state index is 0.276. The number of carbonyl (C=O) groups is 1. The second-order valence-corrected chi connectivity index (χ2v) is 5.81. The van der Waals surface area contributed by atoms with Gasteiger partial charge in [0.15, 0.2) is 0 Å². The molecule has 2 rings (SSSR count). The number of amides is 1. The molecular weight excluding hydrogens is 208 g/mol. The Balaban J connectivity index is 1.81. The Labute approximate surface area is 96.0 Å². The third kappa shape index (κ3) is 2.67. The Hall–Kier alpha value is -0.220. The Morgan fingerprint density at radius 3 is 3.07 bits per heavy atom. The minimum atomic E-state index is 0.276. The third-order valence-corrected chi connectivity index (χ3v) is 4.66. The van der Waals surface area contributed by atoms with E-state index in [9.17, 15) is 4.79 Å². The normalized spacial score (nSPS) is 31.1. The summed E-state index contributed by atoms with van der Waals surface area (Å²) in [5.74, 6) is 2.24. The molecule has 0 radical (unpaired) electrons. The number of hydrogen-bond acceptors (Lipinski definition) is 3. The molecule has 0 spiro atoms. The van der Waals surface area contributed by atoms with Crippen LogP contribution in [0.25, 0.3) is 0 Å². The molecule has 2 unspecified atom stereocenters. The summed E-state index contributed by atoms with van der Waals surface area (Å²) in [5.41, 5.74) is 0. The fourth-order valence-corrected chi connectivity index (χ4v) is 3.71. The zero-order valence-corrected chi connectivity index (χ0v) is 10.2. The summed E-state index contributed by atoms with van der Waals surface area (Å²) in [5, 5.41) is 3.47. The van der Waals surface area contributed by atoms with Gasteiger partial charge in [-0.3, -0.25) is 4.79 Å². The van der Waals surface area contributed by atoms with Gasteiger partial charge in [0.2, 0.25) is 5.91 Å². The van der Waals surface area contributed by atoms with Crippen LogP contribution in [0.3, 0.4) is 0 Å². The maximum absolute atomic E-state index is 12.1. The maximum Gasteiger partial charge on any atom is 0.235 e. The molecule has 15 heavy (non-hydrogen) atoms. The topological polar surface area (TPSA) is 32.3 Å². The highest BCUT2D eigenvalue weighted by molar-refractivity contribution is 8.00. The standard InChI is InChI=1S/C11H20N2OS/c1-12-7-9-4-5-13(8-9)11(14)10-3-2-6-15-10/h9-10,12H,2-8H2,1H3. The molecule has 1 amide bonds. The molecule has 3 nitrogen and oxygen atoms in total. The molecule has 0 aromatic heterocycles. The molecule has 0 saturated carbocycles. The Morgan fingerprint density at radius 2 is 2.40 bits per heavy atom. The second-order valence-electron chi connectivity index (χ2n) is 4.50. The summed E-state index contributed by atoms with van der Waals surface area (Å²) in [6.07, 6.45) is 3.48. The van der Waals surface area contributed by atoms with Crippen molar-refractivity contribution in [2.75, 3.05) is 32.4 Å². The molecule has 2 heterocycles. The number of nitrogens with zero attached hydrogens (tertiary/aromatic N) is 1. The van der Waals surface area contributed by atoms with Crippen LogP contribution in [-0.4, -0.2) is 48.5 Å². The molecule has 0 bridgehead atoms. The molecule has 0 aliphatic carbocycles. The lowest BCUT2D eigenvalue weighted by Gasteiger charge is -2.20. The van der Waals surface area contributed by atoms with Gasteiger partial charge in [0, 0.05) is 13.1 Å². The van der Waals surface area contributed by atoms with Crippen molar-refractivity contribution in [2.24, 2.45) is 5.92 Å². The van der Waals surface area contributed by atoms with Crippen molar-refractivity contribution in [3.8, 4) is 0 Å². The Bertz CT molecular complexity index is 229. The van der Waals surface area contributed by atoms with E-state index in [4.69, 9.17) is 0 Å². The van der Waals surface area contributed by atoms with Crippen LogP contribution in [0.5, 0.6) is 0 Å². The van der Waals surface area contributed by atoms with Crippen molar-refractivity contribution < 1.29 is 4.79 Å². The smallest absolute Gasteiger partial charge is 0.235 e. The van der Waals surface area contributed by atoms with Crippen molar-refractivity contribution >= 4 is 17.7 Å². The molecule has 4 heteroatoms. The Kier molecular flexibility index (Phi) is 3.92. The zero-order chi connectivity index (χ0) is 10.7. The lowest BCUT2D eigenvalue weighted by molar-refractivity contribution is -0.129. The summed E-state index contributed by atoms with van der Waals surface area (Å²) in [6.45, 7) is 2.99. The van der Waals surface area contributed by atoms with Gasteiger partial charge in [-0.1, -0.05) is 0 Å². The van der Waals surface area contributed by atoms with Gasteiger partial charge in [-0.25, -0.2) is 0 Å². The van der Waals surface area contributed by atoms with Crippen LogP contribution in [0.2, 0.25) is 0 Å². The largest absolute Gasteiger partial charge is 0.341 e. The summed E-state index contributed by atoms with van der Waals surface area (Å²) in [4.78, 5) is 14.2. The number of nitrogens with one attached hydrogen (secondary N) is 1.